The largest absolute Gasteiger partial charge is 0.462 e. The average molecular weight is 246 g/mol. The van der Waals surface area contributed by atoms with Gasteiger partial charge in [-0.05, 0) is 25.0 Å². The van der Waals surface area contributed by atoms with Crippen LogP contribution in [-0.2, 0) is 11.2 Å². The van der Waals surface area contributed by atoms with Crippen LogP contribution in [0.25, 0.3) is 11.0 Å². The molecule has 1 aromatic carbocycles. The van der Waals surface area contributed by atoms with E-state index < -0.39 is 11.6 Å². The summed E-state index contributed by atoms with van der Waals surface area (Å²) in [6.45, 7) is 3.82. The van der Waals surface area contributed by atoms with Gasteiger partial charge >= 0.3 is 11.6 Å². The lowest BCUT2D eigenvalue weighted by molar-refractivity contribution is 0.0520. The van der Waals surface area contributed by atoms with Crippen molar-refractivity contribution in [2.24, 2.45) is 0 Å². The Kier molecular flexibility index (Phi) is 3.46. The van der Waals surface area contributed by atoms with Crippen molar-refractivity contribution in [1.82, 2.24) is 0 Å². The van der Waals surface area contributed by atoms with Gasteiger partial charge in [-0.25, -0.2) is 9.59 Å². The maximum atomic E-state index is 11.9. The maximum absolute atomic E-state index is 11.9. The molecule has 2 rings (SSSR count). The summed E-state index contributed by atoms with van der Waals surface area (Å²) in [5.74, 6) is -0.617. The number of rotatable bonds is 3. The second-order valence-corrected chi connectivity index (χ2v) is 3.81. The third-order valence-corrected chi connectivity index (χ3v) is 2.75. The van der Waals surface area contributed by atoms with E-state index in [-0.39, 0.29) is 12.2 Å². The number of benzene rings is 1. The summed E-state index contributed by atoms with van der Waals surface area (Å²) in [6, 6.07) is 7.18. The van der Waals surface area contributed by atoms with Crippen LogP contribution in [-0.4, -0.2) is 12.6 Å². The predicted octanol–water partition coefficient (Wildman–Crippen LogP) is 2.53. The number of carbonyl (C=O) groups excluding carboxylic acids is 1. The Hall–Kier alpha value is -2.10. The Labute approximate surface area is 104 Å². The molecule has 0 spiro atoms. The van der Waals surface area contributed by atoms with Crippen LogP contribution >= 0.6 is 0 Å². The van der Waals surface area contributed by atoms with Crippen molar-refractivity contribution in [2.45, 2.75) is 20.3 Å². The van der Waals surface area contributed by atoms with Crippen LogP contribution in [0, 0.1) is 0 Å². The molecular formula is C14H14O4. The Morgan fingerprint density at radius 3 is 2.67 bits per heavy atom. The van der Waals surface area contributed by atoms with Gasteiger partial charge < -0.3 is 9.15 Å². The summed E-state index contributed by atoms with van der Waals surface area (Å²) in [7, 11) is 0. The number of para-hydroxylation sites is 1. The van der Waals surface area contributed by atoms with Crippen molar-refractivity contribution in [3.8, 4) is 0 Å². The zero-order valence-electron chi connectivity index (χ0n) is 10.4. The van der Waals surface area contributed by atoms with Crippen LogP contribution in [0.2, 0.25) is 0 Å². The van der Waals surface area contributed by atoms with Crippen LogP contribution in [0.15, 0.2) is 33.5 Å². The minimum atomic E-state index is -0.635. The van der Waals surface area contributed by atoms with Crippen LogP contribution < -0.4 is 5.63 Å². The highest BCUT2D eigenvalue weighted by Crippen LogP contribution is 2.20. The van der Waals surface area contributed by atoms with Crippen LogP contribution in [0.4, 0.5) is 0 Å². The zero-order valence-corrected chi connectivity index (χ0v) is 10.4. The molecule has 0 unspecified atom stereocenters. The van der Waals surface area contributed by atoms with E-state index in [1.807, 2.05) is 19.1 Å². The van der Waals surface area contributed by atoms with Crippen LogP contribution in [0.3, 0.4) is 0 Å². The summed E-state index contributed by atoms with van der Waals surface area (Å²) < 4.78 is 10.0. The number of fused-ring (bicyclic) bond motifs is 1. The molecule has 2 aromatic rings. The third kappa shape index (κ3) is 2.01. The molecule has 0 bridgehead atoms. The Morgan fingerprint density at radius 1 is 1.28 bits per heavy atom. The molecule has 0 aliphatic heterocycles. The molecule has 0 atom stereocenters. The van der Waals surface area contributed by atoms with Gasteiger partial charge in [-0.2, -0.15) is 0 Å². The molecule has 94 valence electrons. The summed E-state index contributed by atoms with van der Waals surface area (Å²) in [5, 5.41) is 0.780. The zero-order chi connectivity index (χ0) is 13.1. The normalized spacial score (nSPS) is 10.6. The van der Waals surface area contributed by atoms with E-state index >= 15 is 0 Å². The van der Waals surface area contributed by atoms with Crippen molar-refractivity contribution in [2.75, 3.05) is 6.61 Å². The molecule has 0 amide bonds. The molecule has 0 saturated carbocycles. The lowest BCUT2D eigenvalue weighted by atomic mass is 10.0. The average Bonchev–Trinajstić information content (AvgIpc) is 2.37. The molecule has 0 aliphatic rings. The Bertz CT molecular complexity index is 640. The summed E-state index contributed by atoms with van der Waals surface area (Å²) in [6.07, 6.45) is 0.570. The Morgan fingerprint density at radius 2 is 2.00 bits per heavy atom. The summed E-state index contributed by atoms with van der Waals surface area (Å²) >= 11 is 0. The molecule has 1 aromatic heterocycles. The van der Waals surface area contributed by atoms with Crippen molar-refractivity contribution in [3.63, 3.8) is 0 Å². The van der Waals surface area contributed by atoms with Gasteiger partial charge in [-0.3, -0.25) is 0 Å². The number of hydrogen-bond acceptors (Lipinski definition) is 4. The SMILES string of the molecule is CCOC(=O)c1c(CC)c2ccccc2oc1=O. The maximum Gasteiger partial charge on any atom is 0.351 e. The van der Waals surface area contributed by atoms with Crippen LogP contribution in [0.5, 0.6) is 0 Å². The monoisotopic (exact) mass is 246 g/mol. The van der Waals surface area contributed by atoms with Gasteiger partial charge in [0.15, 0.2) is 0 Å². The number of hydrogen-bond donors (Lipinski definition) is 0. The molecule has 1 heterocycles. The number of aryl methyl sites for hydroxylation is 1. The Balaban J connectivity index is 2.76. The summed E-state index contributed by atoms with van der Waals surface area (Å²) in [4.78, 5) is 23.7. The highest BCUT2D eigenvalue weighted by molar-refractivity contribution is 5.96. The van der Waals surface area contributed by atoms with E-state index in [1.54, 1.807) is 19.1 Å². The third-order valence-electron chi connectivity index (χ3n) is 2.75. The first-order valence-corrected chi connectivity index (χ1v) is 5.90. The van der Waals surface area contributed by atoms with Gasteiger partial charge in [0.25, 0.3) is 0 Å². The molecule has 4 nitrogen and oxygen atoms in total. The number of esters is 1. The minimum absolute atomic E-state index is 0.0121. The molecule has 0 fully saturated rings. The molecule has 0 saturated heterocycles. The van der Waals surface area contributed by atoms with Crippen molar-refractivity contribution in [1.29, 1.82) is 0 Å². The van der Waals surface area contributed by atoms with E-state index in [4.69, 9.17) is 9.15 Å². The van der Waals surface area contributed by atoms with E-state index in [9.17, 15) is 9.59 Å². The second kappa shape index (κ2) is 5.04. The van der Waals surface area contributed by atoms with E-state index in [2.05, 4.69) is 0 Å². The van der Waals surface area contributed by atoms with Gasteiger partial charge in [0.05, 0.1) is 6.61 Å². The van der Waals surface area contributed by atoms with E-state index in [0.717, 1.165) is 5.39 Å². The van der Waals surface area contributed by atoms with Gasteiger partial charge in [0.1, 0.15) is 11.1 Å². The number of carbonyl (C=O) groups is 1. The molecule has 4 heteroatoms. The molecular weight excluding hydrogens is 232 g/mol. The summed E-state index contributed by atoms with van der Waals surface area (Å²) in [5.41, 5.74) is 0.551. The molecule has 0 radical (unpaired) electrons. The number of ether oxygens (including phenoxy) is 1. The van der Waals surface area contributed by atoms with Crippen molar-refractivity contribution in [3.05, 3.63) is 45.8 Å². The smallest absolute Gasteiger partial charge is 0.351 e. The lowest BCUT2D eigenvalue weighted by Gasteiger charge is -2.08. The molecule has 18 heavy (non-hydrogen) atoms. The first-order chi connectivity index (χ1) is 8.69. The quantitative estimate of drug-likeness (QED) is 0.617. The van der Waals surface area contributed by atoms with E-state index in [1.165, 1.54) is 0 Å². The minimum Gasteiger partial charge on any atom is -0.462 e. The van der Waals surface area contributed by atoms with Gasteiger partial charge in [0, 0.05) is 5.39 Å². The standard InChI is InChI=1S/C14H14O4/c1-3-9-10-7-5-6-8-11(10)18-14(16)12(9)13(15)17-4-2/h5-8H,3-4H2,1-2H3. The van der Waals surface area contributed by atoms with Crippen LogP contribution in [0.1, 0.15) is 29.8 Å². The van der Waals surface area contributed by atoms with Crippen molar-refractivity contribution >= 4 is 16.9 Å². The van der Waals surface area contributed by atoms with Gasteiger partial charge in [-0.15, -0.1) is 0 Å². The fraction of sp³-hybridized carbons (Fsp3) is 0.286. The van der Waals surface area contributed by atoms with Crippen molar-refractivity contribution < 1.29 is 13.9 Å². The first kappa shape index (κ1) is 12.4. The van der Waals surface area contributed by atoms with Gasteiger partial charge in [0.2, 0.25) is 0 Å². The highest BCUT2D eigenvalue weighted by atomic mass is 16.5. The lowest BCUT2D eigenvalue weighted by Crippen LogP contribution is -2.19. The first-order valence-electron chi connectivity index (χ1n) is 5.90. The second-order valence-electron chi connectivity index (χ2n) is 3.81. The fourth-order valence-electron chi connectivity index (χ4n) is 1.99. The van der Waals surface area contributed by atoms with Gasteiger partial charge in [-0.1, -0.05) is 25.1 Å². The fourth-order valence-corrected chi connectivity index (χ4v) is 1.99. The van der Waals surface area contributed by atoms with E-state index in [0.29, 0.717) is 17.6 Å². The molecule has 0 N–H and O–H groups in total. The highest BCUT2D eigenvalue weighted by Gasteiger charge is 2.20. The predicted molar refractivity (Wildman–Crippen MR) is 67.8 cm³/mol. The molecule has 0 aliphatic carbocycles. The topological polar surface area (TPSA) is 56.5 Å².